The highest BCUT2D eigenvalue weighted by Gasteiger charge is 2.26. The molecule has 0 radical (unpaired) electrons. The topological polar surface area (TPSA) is 67.2 Å². The SMILES string of the molecule is O=C(CSc1nn(-c2ccccc2)c(=S)s1)N1CCNC1=O. The zero-order valence-corrected chi connectivity index (χ0v) is 13.8. The van der Waals surface area contributed by atoms with E-state index in [1.807, 2.05) is 30.3 Å². The predicted octanol–water partition coefficient (Wildman–Crippen LogP) is 2.31. The molecule has 1 aromatic carbocycles. The quantitative estimate of drug-likeness (QED) is 0.676. The largest absolute Gasteiger partial charge is 0.336 e. The highest BCUT2D eigenvalue weighted by Crippen LogP contribution is 2.24. The number of nitrogens with one attached hydrogen (secondary N) is 1. The van der Waals surface area contributed by atoms with E-state index < -0.39 is 0 Å². The standard InChI is InChI=1S/C13H12N4O2S3/c18-10(16-7-6-14-11(16)19)8-21-12-15-17(13(20)22-12)9-4-2-1-3-5-9/h1-5H,6-8H2,(H,14,19). The van der Waals surface area contributed by atoms with Crippen molar-refractivity contribution >= 4 is 47.3 Å². The van der Waals surface area contributed by atoms with Crippen LogP contribution in [0.4, 0.5) is 4.79 Å². The molecule has 3 rings (SSSR count). The highest BCUT2D eigenvalue weighted by molar-refractivity contribution is 8.01. The number of aromatic nitrogens is 2. The number of hydrogen-bond acceptors (Lipinski definition) is 6. The molecule has 0 unspecified atom stereocenters. The van der Waals surface area contributed by atoms with Crippen molar-refractivity contribution in [3.8, 4) is 5.69 Å². The van der Waals surface area contributed by atoms with Gasteiger partial charge in [0.15, 0.2) is 8.29 Å². The van der Waals surface area contributed by atoms with Crippen molar-refractivity contribution in [2.45, 2.75) is 4.34 Å². The fourth-order valence-electron chi connectivity index (χ4n) is 1.96. The molecular formula is C13H12N4O2S3. The molecular weight excluding hydrogens is 340 g/mol. The van der Waals surface area contributed by atoms with Crippen LogP contribution < -0.4 is 5.32 Å². The van der Waals surface area contributed by atoms with Crippen molar-refractivity contribution in [3.63, 3.8) is 0 Å². The first-order valence-corrected chi connectivity index (χ1v) is 8.73. The van der Waals surface area contributed by atoms with Gasteiger partial charge in [-0.15, -0.1) is 5.10 Å². The number of nitrogens with zero attached hydrogens (tertiary/aromatic N) is 3. The molecule has 1 aromatic heterocycles. The van der Waals surface area contributed by atoms with E-state index in [9.17, 15) is 9.59 Å². The Bertz CT molecular complexity index is 756. The minimum atomic E-state index is -0.326. The Morgan fingerprint density at radius 3 is 2.86 bits per heavy atom. The van der Waals surface area contributed by atoms with Gasteiger partial charge < -0.3 is 5.32 Å². The summed E-state index contributed by atoms with van der Waals surface area (Å²) in [5.74, 6) is -0.0443. The van der Waals surface area contributed by atoms with E-state index in [2.05, 4.69) is 10.4 Å². The maximum absolute atomic E-state index is 12.0. The van der Waals surface area contributed by atoms with Gasteiger partial charge in [-0.1, -0.05) is 41.3 Å². The Morgan fingerprint density at radius 2 is 2.18 bits per heavy atom. The van der Waals surface area contributed by atoms with Gasteiger partial charge in [-0.3, -0.25) is 9.69 Å². The summed E-state index contributed by atoms with van der Waals surface area (Å²) in [6, 6.07) is 9.27. The molecule has 0 bridgehead atoms. The smallest absolute Gasteiger partial charge is 0.324 e. The van der Waals surface area contributed by atoms with Crippen LogP contribution in [-0.2, 0) is 4.79 Å². The predicted molar refractivity (Wildman–Crippen MR) is 88.1 cm³/mol. The zero-order valence-electron chi connectivity index (χ0n) is 11.4. The highest BCUT2D eigenvalue weighted by atomic mass is 32.2. The molecule has 0 atom stereocenters. The average molecular weight is 352 g/mol. The molecule has 0 aliphatic carbocycles. The number of thioether (sulfide) groups is 1. The van der Waals surface area contributed by atoms with Crippen molar-refractivity contribution in [1.29, 1.82) is 0 Å². The second-order valence-corrected chi connectivity index (χ2v) is 7.29. The van der Waals surface area contributed by atoms with Crippen LogP contribution in [0, 0.1) is 3.95 Å². The van der Waals surface area contributed by atoms with Crippen molar-refractivity contribution in [2.75, 3.05) is 18.8 Å². The lowest BCUT2D eigenvalue weighted by molar-refractivity contribution is -0.124. The number of benzene rings is 1. The summed E-state index contributed by atoms with van der Waals surface area (Å²) in [4.78, 5) is 24.6. The summed E-state index contributed by atoms with van der Waals surface area (Å²) >= 11 is 7.96. The number of urea groups is 1. The van der Waals surface area contributed by atoms with Crippen LogP contribution in [0.2, 0.25) is 0 Å². The summed E-state index contributed by atoms with van der Waals surface area (Å²) in [6.07, 6.45) is 0. The molecule has 114 valence electrons. The number of hydrogen-bond donors (Lipinski definition) is 1. The van der Waals surface area contributed by atoms with Gasteiger partial charge in [0, 0.05) is 13.1 Å². The van der Waals surface area contributed by atoms with Crippen LogP contribution in [0.3, 0.4) is 0 Å². The monoisotopic (exact) mass is 352 g/mol. The first kappa shape index (κ1) is 15.2. The first-order valence-electron chi connectivity index (χ1n) is 6.52. The Morgan fingerprint density at radius 1 is 1.41 bits per heavy atom. The van der Waals surface area contributed by atoms with Gasteiger partial charge in [0.1, 0.15) is 0 Å². The van der Waals surface area contributed by atoms with Crippen molar-refractivity contribution in [2.24, 2.45) is 0 Å². The lowest BCUT2D eigenvalue weighted by atomic mass is 10.3. The molecule has 1 N–H and O–H groups in total. The van der Waals surface area contributed by atoms with Crippen LogP contribution >= 0.6 is 35.3 Å². The maximum Gasteiger partial charge on any atom is 0.324 e. The number of amides is 3. The van der Waals surface area contributed by atoms with Gasteiger partial charge in [-0.05, 0) is 24.4 Å². The number of para-hydroxylation sites is 1. The van der Waals surface area contributed by atoms with Crippen molar-refractivity contribution in [1.82, 2.24) is 20.0 Å². The van der Waals surface area contributed by atoms with Crippen LogP contribution in [0.5, 0.6) is 0 Å². The molecule has 3 amide bonds. The van der Waals surface area contributed by atoms with Crippen molar-refractivity contribution < 1.29 is 9.59 Å². The maximum atomic E-state index is 12.0. The molecule has 0 spiro atoms. The molecule has 22 heavy (non-hydrogen) atoms. The molecule has 2 heterocycles. The molecule has 9 heteroatoms. The van der Waals surface area contributed by atoms with Crippen LogP contribution in [0.1, 0.15) is 0 Å². The van der Waals surface area contributed by atoms with Crippen LogP contribution in [-0.4, -0.2) is 45.5 Å². The number of carbonyl (C=O) groups excluding carboxylic acids is 2. The zero-order chi connectivity index (χ0) is 15.5. The second-order valence-electron chi connectivity index (χ2n) is 4.45. The minimum Gasteiger partial charge on any atom is -0.336 e. The Hall–Kier alpha value is -1.71. The number of carbonyl (C=O) groups is 2. The fraction of sp³-hybridized carbons (Fsp3) is 0.231. The molecule has 1 saturated heterocycles. The molecule has 1 fully saturated rings. The van der Waals surface area contributed by atoms with E-state index in [0.717, 1.165) is 5.69 Å². The third kappa shape index (κ3) is 3.21. The van der Waals surface area contributed by atoms with E-state index in [-0.39, 0.29) is 17.7 Å². The second kappa shape index (κ2) is 6.59. The Balaban J connectivity index is 1.68. The van der Waals surface area contributed by atoms with Crippen molar-refractivity contribution in [3.05, 3.63) is 34.3 Å². The lowest BCUT2D eigenvalue weighted by Crippen LogP contribution is -2.35. The summed E-state index contributed by atoms with van der Waals surface area (Å²) in [6.45, 7) is 0.934. The molecule has 1 aliphatic heterocycles. The Kier molecular flexibility index (Phi) is 4.55. The molecule has 0 saturated carbocycles. The summed E-state index contributed by atoms with van der Waals surface area (Å²) in [5.41, 5.74) is 0.890. The minimum absolute atomic E-state index is 0.171. The van der Waals surface area contributed by atoms with E-state index in [1.54, 1.807) is 4.68 Å². The van der Waals surface area contributed by atoms with Gasteiger partial charge >= 0.3 is 6.03 Å². The van der Waals surface area contributed by atoms with E-state index in [0.29, 0.717) is 21.4 Å². The third-order valence-corrected chi connectivity index (χ3v) is 5.36. The number of imide groups is 1. The molecule has 1 aliphatic rings. The Labute approximate surface area is 140 Å². The van der Waals surface area contributed by atoms with Gasteiger partial charge in [0.2, 0.25) is 5.91 Å². The molecule has 2 aromatic rings. The first-order chi connectivity index (χ1) is 10.6. The van der Waals surface area contributed by atoms with Crippen LogP contribution in [0.25, 0.3) is 5.69 Å². The van der Waals surface area contributed by atoms with E-state index in [4.69, 9.17) is 12.2 Å². The van der Waals surface area contributed by atoms with Gasteiger partial charge in [-0.2, -0.15) is 0 Å². The summed E-state index contributed by atoms with van der Waals surface area (Å²) in [5, 5.41) is 7.03. The summed E-state index contributed by atoms with van der Waals surface area (Å²) < 4.78 is 3.01. The average Bonchev–Trinajstić information content (AvgIpc) is 3.11. The van der Waals surface area contributed by atoms with Gasteiger partial charge in [0.05, 0.1) is 11.4 Å². The van der Waals surface area contributed by atoms with Gasteiger partial charge in [-0.25, -0.2) is 9.48 Å². The summed E-state index contributed by atoms with van der Waals surface area (Å²) in [7, 11) is 0. The van der Waals surface area contributed by atoms with E-state index in [1.165, 1.54) is 28.0 Å². The van der Waals surface area contributed by atoms with Crippen LogP contribution in [0.15, 0.2) is 34.7 Å². The lowest BCUT2D eigenvalue weighted by Gasteiger charge is -2.10. The number of rotatable bonds is 4. The van der Waals surface area contributed by atoms with E-state index >= 15 is 0 Å². The van der Waals surface area contributed by atoms with Gasteiger partial charge in [0.25, 0.3) is 0 Å². The fourth-order valence-corrected chi connectivity index (χ4v) is 4.20. The molecule has 6 nitrogen and oxygen atoms in total. The third-order valence-electron chi connectivity index (χ3n) is 3.01. The normalized spacial score (nSPS) is 14.2.